The summed E-state index contributed by atoms with van der Waals surface area (Å²) < 4.78 is 6.17. The number of carbonyl (C=O) groups excluding carboxylic acids is 1. The zero-order chi connectivity index (χ0) is 13.9. The van der Waals surface area contributed by atoms with Gasteiger partial charge in [-0.1, -0.05) is 12.1 Å². The van der Waals surface area contributed by atoms with Crippen molar-refractivity contribution in [2.75, 3.05) is 5.32 Å². The zero-order valence-electron chi connectivity index (χ0n) is 10.2. The number of oxazole rings is 1. The number of thiophene rings is 1. The van der Waals surface area contributed by atoms with Crippen molar-refractivity contribution < 1.29 is 9.21 Å². The minimum Gasteiger partial charge on any atom is -0.444 e. The van der Waals surface area contributed by atoms with Crippen LogP contribution in [0.2, 0.25) is 0 Å². The first kappa shape index (κ1) is 13.1. The van der Waals surface area contributed by atoms with Gasteiger partial charge in [0.25, 0.3) is 5.91 Å². The maximum atomic E-state index is 12.1. The normalized spacial score (nSPS) is 10.4. The second-order valence-electron chi connectivity index (χ2n) is 4.00. The first-order chi connectivity index (χ1) is 9.72. The van der Waals surface area contributed by atoms with Gasteiger partial charge in [0.15, 0.2) is 12.2 Å². The van der Waals surface area contributed by atoms with E-state index in [2.05, 4.69) is 26.2 Å². The number of amides is 1. The fourth-order valence-electron chi connectivity index (χ4n) is 1.74. The number of nitrogens with zero attached hydrogens (tertiary/aromatic N) is 1. The molecule has 3 rings (SSSR count). The lowest BCUT2D eigenvalue weighted by molar-refractivity contribution is 0.103. The fraction of sp³-hybridized carbons (Fsp3) is 0. The Kier molecular flexibility index (Phi) is 3.66. The molecule has 0 saturated heterocycles. The number of anilines is 1. The van der Waals surface area contributed by atoms with Gasteiger partial charge in [0.2, 0.25) is 0 Å². The molecule has 2 heterocycles. The molecule has 20 heavy (non-hydrogen) atoms. The predicted molar refractivity (Wildman–Crippen MR) is 81.9 cm³/mol. The van der Waals surface area contributed by atoms with Crippen LogP contribution in [0.15, 0.2) is 57.2 Å². The van der Waals surface area contributed by atoms with Crippen LogP contribution in [-0.2, 0) is 0 Å². The third-order valence-corrected chi connectivity index (χ3v) is 4.26. The monoisotopic (exact) mass is 348 g/mol. The van der Waals surface area contributed by atoms with E-state index in [1.165, 1.54) is 17.7 Å². The van der Waals surface area contributed by atoms with Crippen LogP contribution in [0, 0.1) is 0 Å². The fourth-order valence-corrected chi connectivity index (χ4v) is 3.02. The highest BCUT2D eigenvalue weighted by Crippen LogP contribution is 2.25. The number of halogens is 1. The summed E-state index contributed by atoms with van der Waals surface area (Å²) in [7, 11) is 0. The molecule has 100 valence electrons. The standard InChI is InChI=1S/C14H9BrN2O2S/c15-13-5-4-12(20-13)14(18)17-10-3-1-2-9(6-10)11-7-16-8-19-11/h1-8H,(H,17,18). The van der Waals surface area contributed by atoms with Gasteiger partial charge in [-0.15, -0.1) is 11.3 Å². The van der Waals surface area contributed by atoms with Crippen molar-refractivity contribution in [3.63, 3.8) is 0 Å². The molecular weight excluding hydrogens is 340 g/mol. The summed E-state index contributed by atoms with van der Waals surface area (Å²) in [5, 5.41) is 2.86. The Balaban J connectivity index is 1.81. The minimum atomic E-state index is -0.129. The van der Waals surface area contributed by atoms with E-state index >= 15 is 0 Å². The van der Waals surface area contributed by atoms with Crippen molar-refractivity contribution in [3.8, 4) is 11.3 Å². The maximum Gasteiger partial charge on any atom is 0.265 e. The van der Waals surface area contributed by atoms with Gasteiger partial charge in [0.05, 0.1) is 14.9 Å². The Hall–Kier alpha value is -1.92. The summed E-state index contributed by atoms with van der Waals surface area (Å²) in [6, 6.07) is 11.1. The molecule has 0 saturated carbocycles. The Morgan fingerprint density at radius 3 is 2.90 bits per heavy atom. The Labute approximate surface area is 127 Å². The van der Waals surface area contributed by atoms with Gasteiger partial charge >= 0.3 is 0 Å². The van der Waals surface area contributed by atoms with Crippen LogP contribution >= 0.6 is 27.3 Å². The summed E-state index contributed by atoms with van der Waals surface area (Å²) in [5.41, 5.74) is 1.58. The Morgan fingerprint density at radius 2 is 2.20 bits per heavy atom. The molecular formula is C14H9BrN2O2S. The lowest BCUT2D eigenvalue weighted by Gasteiger charge is -2.05. The van der Waals surface area contributed by atoms with Gasteiger partial charge in [0, 0.05) is 11.3 Å². The van der Waals surface area contributed by atoms with Gasteiger partial charge in [-0.2, -0.15) is 0 Å². The number of hydrogen-bond donors (Lipinski definition) is 1. The molecule has 0 radical (unpaired) electrons. The van der Waals surface area contributed by atoms with E-state index in [9.17, 15) is 4.79 Å². The molecule has 0 aliphatic carbocycles. The van der Waals surface area contributed by atoms with E-state index in [1.807, 2.05) is 30.3 Å². The predicted octanol–water partition coefficient (Wildman–Crippen LogP) is 4.42. The number of nitrogens with one attached hydrogen (secondary N) is 1. The zero-order valence-corrected chi connectivity index (χ0v) is 12.6. The van der Waals surface area contributed by atoms with Crippen LogP contribution in [0.3, 0.4) is 0 Å². The van der Waals surface area contributed by atoms with Crippen LogP contribution < -0.4 is 5.32 Å². The van der Waals surface area contributed by atoms with Crippen LogP contribution in [0.25, 0.3) is 11.3 Å². The summed E-state index contributed by atoms with van der Waals surface area (Å²) >= 11 is 4.74. The third kappa shape index (κ3) is 2.81. The number of aromatic nitrogens is 1. The van der Waals surface area contributed by atoms with Crippen LogP contribution in [0.1, 0.15) is 9.67 Å². The van der Waals surface area contributed by atoms with Crippen molar-refractivity contribution >= 4 is 38.9 Å². The second kappa shape index (κ2) is 5.60. The molecule has 1 amide bonds. The van der Waals surface area contributed by atoms with Crippen LogP contribution in [0.4, 0.5) is 5.69 Å². The van der Waals surface area contributed by atoms with Crippen LogP contribution in [-0.4, -0.2) is 10.9 Å². The number of carbonyl (C=O) groups is 1. The molecule has 0 atom stereocenters. The molecule has 2 aromatic heterocycles. The summed E-state index contributed by atoms with van der Waals surface area (Å²) in [5.74, 6) is 0.537. The van der Waals surface area contributed by atoms with Gasteiger partial charge in [-0.3, -0.25) is 4.79 Å². The van der Waals surface area contributed by atoms with Gasteiger partial charge in [-0.25, -0.2) is 4.98 Å². The molecule has 0 fully saturated rings. The summed E-state index contributed by atoms with van der Waals surface area (Å²) in [6.07, 6.45) is 3.01. The van der Waals surface area contributed by atoms with E-state index in [-0.39, 0.29) is 5.91 Å². The summed E-state index contributed by atoms with van der Waals surface area (Å²) in [6.45, 7) is 0. The highest BCUT2D eigenvalue weighted by Gasteiger charge is 2.09. The van der Waals surface area contributed by atoms with E-state index in [0.29, 0.717) is 16.3 Å². The van der Waals surface area contributed by atoms with Crippen molar-refractivity contribution in [3.05, 3.63) is 57.7 Å². The van der Waals surface area contributed by atoms with E-state index < -0.39 is 0 Å². The van der Waals surface area contributed by atoms with Gasteiger partial charge in [0.1, 0.15) is 0 Å². The lowest BCUT2D eigenvalue weighted by Crippen LogP contribution is -2.09. The maximum absolute atomic E-state index is 12.1. The smallest absolute Gasteiger partial charge is 0.265 e. The number of rotatable bonds is 3. The summed E-state index contributed by atoms with van der Waals surface area (Å²) in [4.78, 5) is 16.6. The first-order valence-corrected chi connectivity index (χ1v) is 7.39. The largest absolute Gasteiger partial charge is 0.444 e. The van der Waals surface area contributed by atoms with Gasteiger partial charge < -0.3 is 9.73 Å². The topological polar surface area (TPSA) is 55.1 Å². The highest BCUT2D eigenvalue weighted by atomic mass is 79.9. The molecule has 0 aliphatic rings. The van der Waals surface area contributed by atoms with E-state index in [1.54, 1.807) is 12.3 Å². The SMILES string of the molecule is O=C(Nc1cccc(-c2cnco2)c1)c1ccc(Br)s1. The van der Waals surface area contributed by atoms with Crippen LogP contribution in [0.5, 0.6) is 0 Å². The molecule has 0 spiro atoms. The van der Waals surface area contributed by atoms with Crippen molar-refractivity contribution in [1.82, 2.24) is 4.98 Å². The van der Waals surface area contributed by atoms with Crippen molar-refractivity contribution in [2.45, 2.75) is 0 Å². The number of hydrogen-bond acceptors (Lipinski definition) is 4. The molecule has 0 unspecified atom stereocenters. The lowest BCUT2D eigenvalue weighted by atomic mass is 10.1. The molecule has 1 aromatic carbocycles. The second-order valence-corrected chi connectivity index (χ2v) is 6.47. The molecule has 3 aromatic rings. The van der Waals surface area contributed by atoms with E-state index in [4.69, 9.17) is 4.42 Å². The number of benzene rings is 1. The quantitative estimate of drug-likeness (QED) is 0.762. The Bertz CT molecular complexity index is 737. The Morgan fingerprint density at radius 1 is 1.30 bits per heavy atom. The van der Waals surface area contributed by atoms with Crippen molar-refractivity contribution in [1.29, 1.82) is 0 Å². The molecule has 1 N–H and O–H groups in total. The molecule has 4 nitrogen and oxygen atoms in total. The molecule has 0 bridgehead atoms. The van der Waals surface area contributed by atoms with Crippen molar-refractivity contribution in [2.24, 2.45) is 0 Å². The highest BCUT2D eigenvalue weighted by molar-refractivity contribution is 9.11. The third-order valence-electron chi connectivity index (χ3n) is 2.63. The molecule has 6 heteroatoms. The molecule has 0 aliphatic heterocycles. The first-order valence-electron chi connectivity index (χ1n) is 5.78. The average molecular weight is 349 g/mol. The minimum absolute atomic E-state index is 0.129. The average Bonchev–Trinajstić information content (AvgIpc) is 3.10. The van der Waals surface area contributed by atoms with Gasteiger partial charge in [-0.05, 0) is 40.2 Å². The van der Waals surface area contributed by atoms with E-state index in [0.717, 1.165) is 9.35 Å².